The van der Waals surface area contributed by atoms with E-state index in [1.54, 1.807) is 30.0 Å². The minimum Gasteiger partial charge on any atom is -0.264 e. The summed E-state index contributed by atoms with van der Waals surface area (Å²) in [7, 11) is 0. The lowest BCUT2D eigenvalue weighted by molar-refractivity contribution is 0.0945. The Labute approximate surface area is 72.5 Å². The fourth-order valence-corrected chi connectivity index (χ4v) is 1.38. The van der Waals surface area contributed by atoms with E-state index in [1.165, 1.54) is 16.0 Å². The second kappa shape index (κ2) is 2.86. The molecule has 0 amide bonds. The smallest absolute Gasteiger partial charge is 0.264 e. The van der Waals surface area contributed by atoms with Crippen molar-refractivity contribution in [3.63, 3.8) is 0 Å². The van der Waals surface area contributed by atoms with Gasteiger partial charge in [-0.05, 0) is 6.07 Å². The first kappa shape index (κ1) is 7.17. The fourth-order valence-electron chi connectivity index (χ4n) is 0.816. The van der Waals surface area contributed by atoms with Gasteiger partial charge in [0.1, 0.15) is 0 Å². The summed E-state index contributed by atoms with van der Waals surface area (Å²) < 4.78 is 1.26. The summed E-state index contributed by atoms with van der Waals surface area (Å²) in [5.41, 5.74) is 0. The van der Waals surface area contributed by atoms with Gasteiger partial charge in [-0.3, -0.25) is 4.79 Å². The van der Waals surface area contributed by atoms with Gasteiger partial charge in [-0.1, -0.05) is 0 Å². The molecule has 4 nitrogen and oxygen atoms in total. The van der Waals surface area contributed by atoms with Crippen LogP contribution in [0.4, 0.5) is 0 Å². The van der Waals surface area contributed by atoms with Crippen LogP contribution in [-0.2, 0) is 0 Å². The Hall–Kier alpha value is -1.49. The summed E-state index contributed by atoms with van der Waals surface area (Å²) in [6.45, 7) is 0. The van der Waals surface area contributed by atoms with E-state index in [9.17, 15) is 4.79 Å². The van der Waals surface area contributed by atoms with Crippen LogP contribution in [0, 0.1) is 0 Å². The molecule has 0 aliphatic carbocycles. The summed E-state index contributed by atoms with van der Waals surface area (Å²) in [5.74, 6) is -0.185. The molecule has 0 aliphatic heterocycles. The third kappa shape index (κ3) is 1.14. The first-order chi connectivity index (χ1) is 5.88. The van der Waals surface area contributed by atoms with Crippen LogP contribution >= 0.6 is 11.3 Å². The molecule has 0 bridgehead atoms. The second-order valence-electron chi connectivity index (χ2n) is 2.09. The Bertz CT molecular complexity index is 329. The predicted octanol–water partition coefficient (Wildman–Crippen LogP) is 1.03. The number of nitrogens with zero attached hydrogens (tertiary/aromatic N) is 3. The molecule has 0 spiro atoms. The monoisotopic (exact) mass is 179 g/mol. The van der Waals surface area contributed by atoms with Crippen molar-refractivity contribution in [1.82, 2.24) is 14.8 Å². The van der Waals surface area contributed by atoms with Crippen molar-refractivity contribution in [2.24, 2.45) is 0 Å². The maximum absolute atomic E-state index is 11.4. The molecule has 2 rings (SSSR count). The first-order valence-electron chi connectivity index (χ1n) is 3.32. The van der Waals surface area contributed by atoms with Gasteiger partial charge in [0.05, 0.1) is 0 Å². The number of rotatable bonds is 1. The van der Waals surface area contributed by atoms with Crippen molar-refractivity contribution in [3.8, 4) is 0 Å². The van der Waals surface area contributed by atoms with E-state index >= 15 is 0 Å². The van der Waals surface area contributed by atoms with Gasteiger partial charge in [0, 0.05) is 24.0 Å². The molecule has 2 heterocycles. The zero-order valence-corrected chi connectivity index (χ0v) is 6.86. The third-order valence-electron chi connectivity index (χ3n) is 1.33. The quantitative estimate of drug-likeness (QED) is 0.656. The average molecular weight is 179 g/mol. The SMILES string of the molecule is O=C(c1nccs1)n1cccn1. The van der Waals surface area contributed by atoms with Crippen molar-refractivity contribution in [2.75, 3.05) is 0 Å². The van der Waals surface area contributed by atoms with Crippen LogP contribution in [0.15, 0.2) is 30.0 Å². The number of carbonyl (C=O) groups is 1. The summed E-state index contributed by atoms with van der Waals surface area (Å²) in [5, 5.41) is 6.02. The lowest BCUT2D eigenvalue weighted by atomic mass is 10.6. The van der Waals surface area contributed by atoms with E-state index in [0.29, 0.717) is 5.01 Å². The topological polar surface area (TPSA) is 47.8 Å². The summed E-state index contributed by atoms with van der Waals surface area (Å²) in [4.78, 5) is 15.3. The zero-order valence-electron chi connectivity index (χ0n) is 6.04. The van der Waals surface area contributed by atoms with Crippen LogP contribution < -0.4 is 0 Å². The van der Waals surface area contributed by atoms with E-state index < -0.39 is 0 Å². The highest BCUT2D eigenvalue weighted by Crippen LogP contribution is 2.05. The maximum atomic E-state index is 11.4. The molecule has 0 fully saturated rings. The molecule has 60 valence electrons. The zero-order chi connectivity index (χ0) is 8.39. The van der Waals surface area contributed by atoms with E-state index in [0.717, 1.165) is 0 Å². The maximum Gasteiger partial charge on any atom is 0.307 e. The molecule has 12 heavy (non-hydrogen) atoms. The van der Waals surface area contributed by atoms with E-state index in [1.807, 2.05) is 0 Å². The first-order valence-corrected chi connectivity index (χ1v) is 4.20. The standard InChI is InChI=1S/C7H5N3OS/c11-7(6-8-3-5-12-6)10-4-1-2-9-10/h1-5H. The Morgan fingerprint density at radius 2 is 2.42 bits per heavy atom. The third-order valence-corrected chi connectivity index (χ3v) is 2.09. The van der Waals surface area contributed by atoms with Gasteiger partial charge in [-0.25, -0.2) is 9.67 Å². The van der Waals surface area contributed by atoms with Gasteiger partial charge in [0.15, 0.2) is 5.01 Å². The Balaban J connectivity index is 2.34. The van der Waals surface area contributed by atoms with Gasteiger partial charge in [-0.2, -0.15) is 5.10 Å². The highest BCUT2D eigenvalue weighted by Gasteiger charge is 2.09. The Kier molecular flexibility index (Phi) is 1.71. The molecule has 2 aromatic heterocycles. The van der Waals surface area contributed by atoms with Gasteiger partial charge in [-0.15, -0.1) is 11.3 Å². The van der Waals surface area contributed by atoms with E-state index in [-0.39, 0.29) is 5.91 Å². The lowest BCUT2D eigenvalue weighted by Gasteiger charge is -1.93. The summed E-state index contributed by atoms with van der Waals surface area (Å²) >= 11 is 1.31. The molecule has 0 N–H and O–H groups in total. The van der Waals surface area contributed by atoms with Crippen molar-refractivity contribution < 1.29 is 4.79 Å². The van der Waals surface area contributed by atoms with Gasteiger partial charge >= 0.3 is 5.91 Å². The van der Waals surface area contributed by atoms with E-state index in [4.69, 9.17) is 0 Å². The number of thiazole rings is 1. The normalized spacial score (nSPS) is 10.0. The van der Waals surface area contributed by atoms with Gasteiger partial charge in [0.2, 0.25) is 0 Å². The van der Waals surface area contributed by atoms with Crippen LogP contribution in [-0.4, -0.2) is 20.7 Å². The number of aromatic nitrogens is 3. The van der Waals surface area contributed by atoms with Gasteiger partial charge in [0.25, 0.3) is 0 Å². The van der Waals surface area contributed by atoms with Crippen molar-refractivity contribution in [3.05, 3.63) is 35.0 Å². The molecule has 0 atom stereocenters. The second-order valence-corrected chi connectivity index (χ2v) is 2.99. The van der Waals surface area contributed by atoms with Crippen LogP contribution in [0.1, 0.15) is 9.80 Å². The molecule has 5 heteroatoms. The van der Waals surface area contributed by atoms with Crippen LogP contribution in [0.3, 0.4) is 0 Å². The molecular weight excluding hydrogens is 174 g/mol. The Morgan fingerprint density at radius 3 is 3.00 bits per heavy atom. The predicted molar refractivity (Wildman–Crippen MR) is 44.1 cm³/mol. The minimum atomic E-state index is -0.185. The van der Waals surface area contributed by atoms with Crippen LogP contribution in [0.5, 0.6) is 0 Å². The van der Waals surface area contributed by atoms with E-state index in [2.05, 4.69) is 10.1 Å². The Morgan fingerprint density at radius 1 is 1.50 bits per heavy atom. The number of hydrogen-bond donors (Lipinski definition) is 0. The van der Waals surface area contributed by atoms with Crippen molar-refractivity contribution >= 4 is 17.2 Å². The van der Waals surface area contributed by atoms with Crippen molar-refractivity contribution in [1.29, 1.82) is 0 Å². The molecule has 0 aliphatic rings. The lowest BCUT2D eigenvalue weighted by Crippen LogP contribution is -2.11. The highest BCUT2D eigenvalue weighted by molar-refractivity contribution is 7.11. The number of carbonyl (C=O) groups excluding carboxylic acids is 1. The largest absolute Gasteiger partial charge is 0.307 e. The molecule has 0 saturated heterocycles. The average Bonchev–Trinajstić information content (AvgIpc) is 2.77. The molecule has 2 aromatic rings. The van der Waals surface area contributed by atoms with Crippen molar-refractivity contribution in [2.45, 2.75) is 0 Å². The molecule has 0 radical (unpaired) electrons. The molecular formula is C7H5N3OS. The number of hydrogen-bond acceptors (Lipinski definition) is 4. The minimum absolute atomic E-state index is 0.185. The highest BCUT2D eigenvalue weighted by atomic mass is 32.1. The molecule has 0 unspecified atom stereocenters. The molecule has 0 saturated carbocycles. The van der Waals surface area contributed by atoms with Gasteiger partial charge < -0.3 is 0 Å². The fraction of sp³-hybridized carbons (Fsp3) is 0. The summed E-state index contributed by atoms with van der Waals surface area (Å²) in [6.07, 6.45) is 4.76. The van der Waals surface area contributed by atoms with Crippen LogP contribution in [0.25, 0.3) is 0 Å². The molecule has 0 aromatic carbocycles. The van der Waals surface area contributed by atoms with Crippen LogP contribution in [0.2, 0.25) is 0 Å². The summed E-state index contributed by atoms with van der Waals surface area (Å²) in [6, 6.07) is 1.70.